The SMILES string of the molecule is COP(=O)(O)OCC(C)(C)Cc1ccccc1Cl. The third kappa shape index (κ3) is 5.09. The number of hydrogen-bond donors (Lipinski definition) is 1. The number of phosphoric ester groups is 1. The van der Waals surface area contributed by atoms with Crippen molar-refractivity contribution in [2.45, 2.75) is 20.3 Å². The second kappa shape index (κ2) is 6.18. The van der Waals surface area contributed by atoms with Gasteiger partial charge in [0.05, 0.1) is 6.61 Å². The van der Waals surface area contributed by atoms with Gasteiger partial charge in [0.1, 0.15) is 0 Å². The Hall–Kier alpha value is -0.380. The van der Waals surface area contributed by atoms with Crippen molar-refractivity contribution in [2.24, 2.45) is 5.41 Å². The zero-order chi connectivity index (χ0) is 13.8. The monoisotopic (exact) mass is 292 g/mol. The number of phosphoric acid groups is 1. The lowest BCUT2D eigenvalue weighted by Crippen LogP contribution is -2.22. The summed E-state index contributed by atoms with van der Waals surface area (Å²) in [4.78, 5) is 9.19. The highest BCUT2D eigenvalue weighted by atomic mass is 35.5. The predicted octanol–water partition coefficient (Wildman–Crippen LogP) is 3.67. The van der Waals surface area contributed by atoms with Gasteiger partial charge in [0.15, 0.2) is 0 Å². The van der Waals surface area contributed by atoms with Crippen LogP contribution >= 0.6 is 19.4 Å². The highest BCUT2D eigenvalue weighted by Gasteiger charge is 2.26. The van der Waals surface area contributed by atoms with Crippen LogP contribution < -0.4 is 0 Å². The first kappa shape index (κ1) is 15.7. The Bertz CT molecular complexity index is 447. The summed E-state index contributed by atoms with van der Waals surface area (Å²) in [7, 11) is -2.78. The molecule has 0 amide bonds. The van der Waals surface area contributed by atoms with Crippen LogP contribution in [0.3, 0.4) is 0 Å². The van der Waals surface area contributed by atoms with E-state index in [9.17, 15) is 9.46 Å². The van der Waals surface area contributed by atoms with Crippen LogP contribution in [0.2, 0.25) is 5.02 Å². The minimum atomic E-state index is -3.92. The van der Waals surface area contributed by atoms with E-state index in [-0.39, 0.29) is 12.0 Å². The molecule has 0 aliphatic rings. The van der Waals surface area contributed by atoms with Crippen molar-refractivity contribution in [2.75, 3.05) is 13.7 Å². The Labute approximate surface area is 112 Å². The quantitative estimate of drug-likeness (QED) is 0.813. The van der Waals surface area contributed by atoms with Crippen molar-refractivity contribution in [1.29, 1.82) is 0 Å². The van der Waals surface area contributed by atoms with E-state index in [0.29, 0.717) is 11.4 Å². The second-order valence-corrected chi connectivity index (χ2v) is 6.82. The van der Waals surface area contributed by atoms with Crippen molar-refractivity contribution in [1.82, 2.24) is 0 Å². The van der Waals surface area contributed by atoms with Gasteiger partial charge in [0.25, 0.3) is 0 Å². The van der Waals surface area contributed by atoms with Gasteiger partial charge in [0, 0.05) is 12.1 Å². The topological polar surface area (TPSA) is 55.8 Å². The van der Waals surface area contributed by atoms with Gasteiger partial charge in [-0.2, -0.15) is 0 Å². The van der Waals surface area contributed by atoms with Crippen molar-refractivity contribution in [3.8, 4) is 0 Å². The van der Waals surface area contributed by atoms with Crippen LogP contribution in [0.1, 0.15) is 19.4 Å². The molecule has 0 aliphatic carbocycles. The third-order valence-corrected chi connectivity index (χ3v) is 3.76. The molecule has 1 rings (SSSR count). The van der Waals surface area contributed by atoms with Crippen LogP contribution in [0.25, 0.3) is 0 Å². The van der Waals surface area contributed by atoms with Crippen LogP contribution in [0.15, 0.2) is 24.3 Å². The molecule has 1 aromatic rings. The lowest BCUT2D eigenvalue weighted by atomic mass is 9.87. The van der Waals surface area contributed by atoms with Gasteiger partial charge in [-0.15, -0.1) is 0 Å². The first-order valence-electron chi connectivity index (χ1n) is 5.52. The molecule has 1 atom stereocenters. The zero-order valence-corrected chi connectivity index (χ0v) is 12.4. The Morgan fingerprint density at radius 3 is 2.56 bits per heavy atom. The van der Waals surface area contributed by atoms with E-state index in [0.717, 1.165) is 12.7 Å². The molecule has 4 nitrogen and oxygen atoms in total. The van der Waals surface area contributed by atoms with E-state index < -0.39 is 7.82 Å². The Morgan fingerprint density at radius 1 is 1.39 bits per heavy atom. The number of rotatable bonds is 6. The van der Waals surface area contributed by atoms with Gasteiger partial charge >= 0.3 is 7.82 Å². The van der Waals surface area contributed by atoms with Crippen molar-refractivity contribution in [3.63, 3.8) is 0 Å². The highest BCUT2D eigenvalue weighted by Crippen LogP contribution is 2.44. The summed E-state index contributed by atoms with van der Waals surface area (Å²) in [5.74, 6) is 0. The molecule has 1 aromatic carbocycles. The molecule has 0 saturated carbocycles. The fraction of sp³-hybridized carbons (Fsp3) is 0.500. The van der Waals surface area contributed by atoms with Crippen LogP contribution in [0.5, 0.6) is 0 Å². The minimum absolute atomic E-state index is 0.111. The first-order valence-corrected chi connectivity index (χ1v) is 7.40. The van der Waals surface area contributed by atoms with E-state index in [1.165, 1.54) is 0 Å². The lowest BCUT2D eigenvalue weighted by molar-refractivity contribution is 0.117. The predicted molar refractivity (Wildman–Crippen MR) is 71.7 cm³/mol. The molecule has 0 spiro atoms. The molecule has 6 heteroatoms. The van der Waals surface area contributed by atoms with Crippen LogP contribution in [0.4, 0.5) is 0 Å². The average molecular weight is 293 g/mol. The van der Waals surface area contributed by atoms with Gasteiger partial charge < -0.3 is 4.89 Å². The van der Waals surface area contributed by atoms with Crippen LogP contribution in [-0.2, 0) is 20.0 Å². The maximum atomic E-state index is 11.2. The van der Waals surface area contributed by atoms with Gasteiger partial charge in [-0.1, -0.05) is 43.6 Å². The fourth-order valence-electron chi connectivity index (χ4n) is 1.52. The largest absolute Gasteiger partial charge is 0.471 e. The van der Waals surface area contributed by atoms with E-state index >= 15 is 0 Å². The normalized spacial score (nSPS) is 15.4. The van der Waals surface area contributed by atoms with Gasteiger partial charge in [-0.25, -0.2) is 4.57 Å². The molecule has 1 N–H and O–H groups in total. The zero-order valence-electron chi connectivity index (χ0n) is 10.7. The molecule has 0 bridgehead atoms. The molecule has 0 fully saturated rings. The first-order chi connectivity index (χ1) is 8.26. The maximum Gasteiger partial charge on any atom is 0.471 e. The number of halogens is 1. The third-order valence-electron chi connectivity index (χ3n) is 2.48. The summed E-state index contributed by atoms with van der Waals surface area (Å²) < 4.78 is 20.5. The Kier molecular flexibility index (Phi) is 5.38. The minimum Gasteiger partial charge on any atom is -0.303 e. The van der Waals surface area contributed by atoms with Crippen LogP contribution in [0, 0.1) is 5.41 Å². The maximum absolute atomic E-state index is 11.2. The summed E-state index contributed by atoms with van der Waals surface area (Å²) in [6.45, 7) is 3.98. The highest BCUT2D eigenvalue weighted by molar-refractivity contribution is 7.47. The van der Waals surface area contributed by atoms with Crippen molar-refractivity contribution < 1.29 is 18.5 Å². The summed E-state index contributed by atoms with van der Waals surface area (Å²) >= 11 is 6.08. The van der Waals surface area contributed by atoms with Crippen molar-refractivity contribution >= 4 is 19.4 Å². The van der Waals surface area contributed by atoms with Crippen LogP contribution in [-0.4, -0.2) is 18.6 Å². The van der Waals surface area contributed by atoms with E-state index in [1.807, 2.05) is 38.1 Å². The summed E-state index contributed by atoms with van der Waals surface area (Å²) in [6.07, 6.45) is 0.649. The standard InChI is InChI=1S/C12H18ClO4P/c1-12(2,9-17-18(14,15)16-3)8-10-6-4-5-7-11(10)13/h4-7H,8-9H2,1-3H3,(H,14,15). The average Bonchev–Trinajstić information content (AvgIpc) is 2.30. The molecule has 1 unspecified atom stereocenters. The molecule has 0 aliphatic heterocycles. The fourth-order valence-corrected chi connectivity index (χ4v) is 2.34. The number of hydrogen-bond acceptors (Lipinski definition) is 3. The lowest BCUT2D eigenvalue weighted by Gasteiger charge is -2.25. The van der Waals surface area contributed by atoms with Gasteiger partial charge in [0.2, 0.25) is 0 Å². The second-order valence-electron chi connectivity index (χ2n) is 4.86. The number of benzene rings is 1. The van der Waals surface area contributed by atoms with Gasteiger partial charge in [-0.05, 0) is 23.5 Å². The molecule has 0 heterocycles. The molecule has 0 aromatic heterocycles. The summed E-state index contributed by atoms with van der Waals surface area (Å²) in [5, 5.41) is 0.685. The summed E-state index contributed by atoms with van der Waals surface area (Å²) in [6, 6.07) is 7.52. The Morgan fingerprint density at radius 2 is 2.00 bits per heavy atom. The van der Waals surface area contributed by atoms with Crippen molar-refractivity contribution in [3.05, 3.63) is 34.9 Å². The van der Waals surface area contributed by atoms with E-state index in [4.69, 9.17) is 16.1 Å². The Balaban J connectivity index is 2.65. The summed E-state index contributed by atoms with van der Waals surface area (Å²) in [5.41, 5.74) is 0.667. The molecule has 18 heavy (non-hydrogen) atoms. The van der Waals surface area contributed by atoms with E-state index in [2.05, 4.69) is 4.52 Å². The molecular formula is C12H18ClO4P. The molecular weight excluding hydrogens is 275 g/mol. The van der Waals surface area contributed by atoms with E-state index in [1.54, 1.807) is 0 Å². The van der Waals surface area contributed by atoms with Gasteiger partial charge in [-0.3, -0.25) is 9.05 Å². The molecule has 0 radical (unpaired) electrons. The molecule has 102 valence electrons. The smallest absolute Gasteiger partial charge is 0.303 e. The molecule has 0 saturated heterocycles.